The van der Waals surface area contributed by atoms with Crippen molar-refractivity contribution in [1.82, 2.24) is 19.8 Å². The van der Waals surface area contributed by atoms with E-state index in [9.17, 15) is 4.79 Å². The maximum absolute atomic E-state index is 12.7. The predicted octanol–water partition coefficient (Wildman–Crippen LogP) is 1.19. The van der Waals surface area contributed by atoms with Crippen LogP contribution in [-0.2, 0) is 4.74 Å². The molecule has 23 heavy (non-hydrogen) atoms. The van der Waals surface area contributed by atoms with Crippen molar-refractivity contribution in [2.45, 2.75) is 31.7 Å². The van der Waals surface area contributed by atoms with Crippen LogP contribution in [-0.4, -0.2) is 71.1 Å². The summed E-state index contributed by atoms with van der Waals surface area (Å²) in [6.07, 6.45) is 9.41. The Hall–Kier alpha value is -1.53. The molecule has 124 valence electrons. The molecule has 3 aliphatic rings. The molecule has 0 radical (unpaired) electrons. The summed E-state index contributed by atoms with van der Waals surface area (Å²) in [6.45, 7) is 5.70. The van der Waals surface area contributed by atoms with E-state index in [-0.39, 0.29) is 11.3 Å². The summed E-state index contributed by atoms with van der Waals surface area (Å²) in [7, 11) is 0. The summed E-state index contributed by atoms with van der Waals surface area (Å²) in [5.41, 5.74) is 0.724. The minimum Gasteiger partial charge on any atom is -0.380 e. The van der Waals surface area contributed by atoms with Crippen molar-refractivity contribution in [1.29, 1.82) is 0 Å². The van der Waals surface area contributed by atoms with Crippen molar-refractivity contribution < 1.29 is 9.53 Å². The molecule has 1 amide bonds. The molecule has 3 saturated heterocycles. The van der Waals surface area contributed by atoms with E-state index in [0.29, 0.717) is 11.7 Å². The number of carbonyl (C=O) groups excluding carboxylic acids is 1. The number of carbonyl (C=O) groups is 1. The van der Waals surface area contributed by atoms with Gasteiger partial charge in [-0.1, -0.05) is 0 Å². The minimum absolute atomic E-state index is 0.0276. The maximum Gasteiger partial charge on any atom is 0.274 e. The van der Waals surface area contributed by atoms with Crippen molar-refractivity contribution in [3.8, 4) is 0 Å². The van der Waals surface area contributed by atoms with Gasteiger partial charge in [-0.15, -0.1) is 0 Å². The fraction of sp³-hybridized carbons (Fsp3) is 0.706. The number of nitrogens with zero attached hydrogens (tertiary/aromatic N) is 4. The van der Waals surface area contributed by atoms with Crippen molar-refractivity contribution >= 4 is 5.91 Å². The molecular weight excluding hydrogens is 292 g/mol. The zero-order valence-corrected chi connectivity index (χ0v) is 13.5. The molecule has 1 aromatic heterocycles. The number of hydrogen-bond acceptors (Lipinski definition) is 5. The Labute approximate surface area is 136 Å². The van der Waals surface area contributed by atoms with Gasteiger partial charge in [0.1, 0.15) is 5.69 Å². The van der Waals surface area contributed by atoms with Crippen molar-refractivity contribution in [2.75, 3.05) is 39.4 Å². The van der Waals surface area contributed by atoms with Gasteiger partial charge in [-0.3, -0.25) is 14.7 Å². The van der Waals surface area contributed by atoms with E-state index in [1.807, 2.05) is 4.90 Å². The van der Waals surface area contributed by atoms with Crippen molar-refractivity contribution in [3.63, 3.8) is 0 Å². The van der Waals surface area contributed by atoms with E-state index in [2.05, 4.69) is 14.9 Å². The van der Waals surface area contributed by atoms with Crippen LogP contribution in [0.2, 0.25) is 0 Å². The molecule has 1 spiro atoms. The summed E-state index contributed by atoms with van der Waals surface area (Å²) in [4.78, 5) is 25.4. The predicted molar refractivity (Wildman–Crippen MR) is 85.0 cm³/mol. The highest BCUT2D eigenvalue weighted by Gasteiger charge is 2.44. The quantitative estimate of drug-likeness (QED) is 0.820. The van der Waals surface area contributed by atoms with Gasteiger partial charge in [0.05, 0.1) is 12.8 Å². The van der Waals surface area contributed by atoms with Crippen LogP contribution in [0.5, 0.6) is 0 Å². The number of likely N-dealkylation sites (tertiary alicyclic amines) is 2. The van der Waals surface area contributed by atoms with Crippen molar-refractivity contribution in [3.05, 3.63) is 24.3 Å². The number of ether oxygens (including phenoxy) is 1. The summed E-state index contributed by atoms with van der Waals surface area (Å²) < 4.78 is 5.54. The first-order chi connectivity index (χ1) is 11.3. The van der Waals surface area contributed by atoms with Crippen LogP contribution in [0.25, 0.3) is 0 Å². The SMILES string of the molecule is O=C(c1cnccn1)N1CCCC2(CCN(C3CCOC3)C2)C1. The van der Waals surface area contributed by atoms with E-state index in [1.54, 1.807) is 18.6 Å². The molecule has 0 bridgehead atoms. The lowest BCUT2D eigenvalue weighted by molar-refractivity contribution is 0.0505. The highest BCUT2D eigenvalue weighted by atomic mass is 16.5. The molecular formula is C17H24N4O2. The fourth-order valence-electron chi connectivity index (χ4n) is 4.38. The molecule has 4 heterocycles. The van der Waals surface area contributed by atoms with Crippen molar-refractivity contribution in [2.24, 2.45) is 5.41 Å². The van der Waals surface area contributed by atoms with Gasteiger partial charge in [-0.2, -0.15) is 0 Å². The Balaban J connectivity index is 1.44. The van der Waals surface area contributed by atoms with Crippen LogP contribution in [0, 0.1) is 5.41 Å². The number of amides is 1. The van der Waals surface area contributed by atoms with Gasteiger partial charge in [0, 0.05) is 50.1 Å². The third kappa shape index (κ3) is 2.97. The van der Waals surface area contributed by atoms with E-state index in [0.717, 1.165) is 52.2 Å². The largest absolute Gasteiger partial charge is 0.380 e. The number of hydrogen-bond donors (Lipinski definition) is 0. The molecule has 4 rings (SSSR count). The lowest BCUT2D eigenvalue weighted by Gasteiger charge is -2.40. The van der Waals surface area contributed by atoms with E-state index < -0.39 is 0 Å². The maximum atomic E-state index is 12.7. The molecule has 6 heteroatoms. The van der Waals surface area contributed by atoms with E-state index in [4.69, 9.17) is 4.74 Å². The van der Waals surface area contributed by atoms with Crippen LogP contribution in [0.4, 0.5) is 0 Å². The Morgan fingerprint density at radius 3 is 3.00 bits per heavy atom. The first kappa shape index (κ1) is 15.0. The second kappa shape index (κ2) is 6.17. The monoisotopic (exact) mass is 316 g/mol. The smallest absolute Gasteiger partial charge is 0.274 e. The highest BCUT2D eigenvalue weighted by molar-refractivity contribution is 5.92. The lowest BCUT2D eigenvalue weighted by Crippen LogP contribution is -2.48. The first-order valence-corrected chi connectivity index (χ1v) is 8.63. The standard InChI is InChI=1S/C17H24N4O2/c22-16(15-10-18-5-6-19-15)21-7-1-3-17(13-21)4-8-20(12-17)14-2-9-23-11-14/h5-6,10,14H,1-4,7-9,11-13H2. The highest BCUT2D eigenvalue weighted by Crippen LogP contribution is 2.40. The van der Waals surface area contributed by atoms with E-state index >= 15 is 0 Å². The van der Waals surface area contributed by atoms with Crippen LogP contribution < -0.4 is 0 Å². The summed E-state index contributed by atoms with van der Waals surface area (Å²) >= 11 is 0. The Bertz CT molecular complexity index is 561. The topological polar surface area (TPSA) is 58.6 Å². The molecule has 2 atom stereocenters. The first-order valence-electron chi connectivity index (χ1n) is 8.63. The third-order valence-electron chi connectivity index (χ3n) is 5.62. The number of rotatable bonds is 2. The van der Waals surface area contributed by atoms with Gasteiger partial charge in [0.15, 0.2) is 0 Å². The van der Waals surface area contributed by atoms with Crippen LogP contribution in [0.3, 0.4) is 0 Å². The molecule has 2 unspecified atom stereocenters. The van der Waals surface area contributed by atoms with Gasteiger partial charge in [-0.05, 0) is 32.2 Å². The number of aromatic nitrogens is 2. The molecule has 3 aliphatic heterocycles. The normalized spacial score (nSPS) is 31.8. The third-order valence-corrected chi connectivity index (χ3v) is 5.62. The summed E-state index contributed by atoms with van der Waals surface area (Å²) in [5, 5.41) is 0. The second-order valence-electron chi connectivity index (χ2n) is 7.16. The molecule has 0 N–H and O–H groups in total. The van der Waals surface area contributed by atoms with Crippen LogP contribution in [0.1, 0.15) is 36.2 Å². The molecule has 3 fully saturated rings. The Kier molecular flexibility index (Phi) is 4.03. The van der Waals surface area contributed by atoms with Gasteiger partial charge >= 0.3 is 0 Å². The number of piperidine rings is 1. The second-order valence-corrected chi connectivity index (χ2v) is 7.16. The average Bonchev–Trinajstić information content (AvgIpc) is 3.25. The van der Waals surface area contributed by atoms with Gasteiger partial charge in [0.2, 0.25) is 0 Å². The Morgan fingerprint density at radius 1 is 1.26 bits per heavy atom. The zero-order valence-electron chi connectivity index (χ0n) is 13.5. The average molecular weight is 316 g/mol. The molecule has 0 saturated carbocycles. The lowest BCUT2D eigenvalue weighted by atomic mass is 9.79. The van der Waals surface area contributed by atoms with Gasteiger partial charge in [-0.25, -0.2) is 4.98 Å². The Morgan fingerprint density at radius 2 is 2.22 bits per heavy atom. The molecule has 0 aliphatic carbocycles. The fourth-order valence-corrected chi connectivity index (χ4v) is 4.38. The molecule has 1 aromatic rings. The van der Waals surface area contributed by atoms with E-state index in [1.165, 1.54) is 12.8 Å². The minimum atomic E-state index is 0.0276. The summed E-state index contributed by atoms with van der Waals surface area (Å²) in [6, 6.07) is 0.584. The zero-order chi connectivity index (χ0) is 15.7. The molecule has 6 nitrogen and oxygen atoms in total. The van der Waals surface area contributed by atoms with Gasteiger partial charge in [0.25, 0.3) is 5.91 Å². The molecule has 0 aromatic carbocycles. The van der Waals surface area contributed by atoms with Crippen LogP contribution >= 0.6 is 0 Å². The van der Waals surface area contributed by atoms with Gasteiger partial charge < -0.3 is 9.64 Å². The summed E-state index contributed by atoms with van der Waals surface area (Å²) in [5.74, 6) is 0.0276. The van der Waals surface area contributed by atoms with Crippen LogP contribution in [0.15, 0.2) is 18.6 Å².